The molecule has 4 rings (SSSR count). The molecule has 3 aromatic carbocycles. The minimum Gasteiger partial charge on any atom is -0.325 e. The molecule has 7 heteroatoms. The molecule has 0 aliphatic carbocycles. The SMILES string of the molecule is O=C(Nc1ccc(Cl)cc1)[C@H]1CC(=O)N(c2ccccc2)C(=Nc2ccccc2)S1. The number of hydrogen-bond acceptors (Lipinski definition) is 4. The lowest BCUT2D eigenvalue weighted by Gasteiger charge is -2.31. The van der Waals surface area contributed by atoms with E-state index in [-0.39, 0.29) is 18.2 Å². The number of carbonyl (C=O) groups excluding carboxylic acids is 2. The minimum absolute atomic E-state index is 0.0762. The highest BCUT2D eigenvalue weighted by Gasteiger charge is 2.36. The van der Waals surface area contributed by atoms with E-state index in [1.54, 1.807) is 29.2 Å². The number of aliphatic imine (C=N–C) groups is 1. The molecule has 0 radical (unpaired) electrons. The van der Waals surface area contributed by atoms with Crippen molar-refractivity contribution in [3.8, 4) is 0 Å². The van der Waals surface area contributed by atoms with Gasteiger partial charge in [-0.3, -0.25) is 14.5 Å². The smallest absolute Gasteiger partial charge is 0.238 e. The number of hydrogen-bond donors (Lipinski definition) is 1. The molecule has 1 aliphatic heterocycles. The molecular weight excluding hydrogens is 418 g/mol. The van der Waals surface area contributed by atoms with Crippen molar-refractivity contribution in [2.45, 2.75) is 11.7 Å². The van der Waals surface area contributed by atoms with E-state index in [1.165, 1.54) is 11.8 Å². The number of amidine groups is 1. The fourth-order valence-corrected chi connectivity index (χ4v) is 4.24. The molecule has 0 bridgehead atoms. The minimum atomic E-state index is -0.587. The first-order chi connectivity index (χ1) is 14.6. The van der Waals surface area contributed by atoms with E-state index < -0.39 is 5.25 Å². The number of benzene rings is 3. The van der Waals surface area contributed by atoms with Gasteiger partial charge in [0.05, 0.1) is 11.4 Å². The van der Waals surface area contributed by atoms with Crippen molar-refractivity contribution >= 4 is 57.4 Å². The maximum absolute atomic E-state index is 13.0. The molecule has 3 aromatic rings. The zero-order chi connectivity index (χ0) is 20.9. The number of nitrogens with zero attached hydrogens (tertiary/aromatic N) is 2. The number of para-hydroxylation sites is 2. The number of rotatable bonds is 4. The van der Waals surface area contributed by atoms with Crippen molar-refractivity contribution in [2.24, 2.45) is 4.99 Å². The molecule has 1 atom stereocenters. The lowest BCUT2D eigenvalue weighted by atomic mass is 10.2. The van der Waals surface area contributed by atoms with Crippen LogP contribution in [0.3, 0.4) is 0 Å². The van der Waals surface area contributed by atoms with Gasteiger partial charge in [0.15, 0.2) is 5.17 Å². The Morgan fingerprint density at radius 2 is 1.60 bits per heavy atom. The third-order valence-corrected chi connectivity index (χ3v) is 5.85. The first-order valence-electron chi connectivity index (χ1n) is 9.35. The van der Waals surface area contributed by atoms with Crippen LogP contribution in [0.15, 0.2) is 89.9 Å². The van der Waals surface area contributed by atoms with Gasteiger partial charge in [0.1, 0.15) is 5.25 Å². The fraction of sp³-hybridized carbons (Fsp3) is 0.0870. The van der Waals surface area contributed by atoms with Crippen molar-refractivity contribution in [1.29, 1.82) is 0 Å². The number of thioether (sulfide) groups is 1. The van der Waals surface area contributed by atoms with Gasteiger partial charge in [0.25, 0.3) is 0 Å². The van der Waals surface area contributed by atoms with E-state index in [4.69, 9.17) is 11.6 Å². The Bertz CT molecular complexity index is 1070. The predicted octanol–water partition coefficient (Wildman–Crippen LogP) is 5.50. The molecule has 5 nitrogen and oxygen atoms in total. The predicted molar refractivity (Wildman–Crippen MR) is 124 cm³/mol. The largest absolute Gasteiger partial charge is 0.325 e. The second-order valence-electron chi connectivity index (χ2n) is 6.60. The first kappa shape index (κ1) is 20.2. The summed E-state index contributed by atoms with van der Waals surface area (Å²) in [6.45, 7) is 0. The quantitative estimate of drug-likeness (QED) is 0.588. The lowest BCUT2D eigenvalue weighted by molar-refractivity contribution is -0.121. The van der Waals surface area contributed by atoms with Crippen LogP contribution in [0, 0.1) is 0 Å². The monoisotopic (exact) mass is 435 g/mol. The Labute approximate surface area is 183 Å². The zero-order valence-corrected chi connectivity index (χ0v) is 17.4. The Kier molecular flexibility index (Phi) is 6.16. The normalized spacial score (nSPS) is 17.8. The second kappa shape index (κ2) is 9.15. The molecule has 30 heavy (non-hydrogen) atoms. The van der Waals surface area contributed by atoms with Gasteiger partial charge in [0, 0.05) is 17.1 Å². The second-order valence-corrected chi connectivity index (χ2v) is 8.21. The molecule has 1 saturated heterocycles. The average Bonchev–Trinajstić information content (AvgIpc) is 2.76. The summed E-state index contributed by atoms with van der Waals surface area (Å²) in [6, 6.07) is 25.6. The molecule has 1 fully saturated rings. The molecular formula is C23H18ClN3O2S. The average molecular weight is 436 g/mol. The molecule has 1 N–H and O–H groups in total. The molecule has 1 aliphatic rings. The standard InChI is InChI=1S/C23H18ClN3O2S/c24-16-11-13-18(14-12-16)25-22(29)20-15-21(28)27(19-9-5-2-6-10-19)23(30-20)26-17-7-3-1-4-8-17/h1-14,20H,15H2,(H,25,29)/t20-/m1/s1. The van der Waals surface area contributed by atoms with Crippen molar-refractivity contribution in [1.82, 2.24) is 0 Å². The number of amides is 2. The van der Waals surface area contributed by atoms with Gasteiger partial charge >= 0.3 is 0 Å². The van der Waals surface area contributed by atoms with Crippen LogP contribution in [0.25, 0.3) is 0 Å². The third kappa shape index (κ3) is 4.72. The Balaban J connectivity index is 1.62. The maximum atomic E-state index is 13.0. The van der Waals surface area contributed by atoms with E-state index in [9.17, 15) is 9.59 Å². The van der Waals surface area contributed by atoms with Crippen LogP contribution in [0.5, 0.6) is 0 Å². The van der Waals surface area contributed by atoms with Crippen molar-refractivity contribution in [3.05, 3.63) is 90.0 Å². The van der Waals surface area contributed by atoms with Crippen molar-refractivity contribution in [3.63, 3.8) is 0 Å². The van der Waals surface area contributed by atoms with E-state index in [2.05, 4.69) is 10.3 Å². The van der Waals surface area contributed by atoms with Crippen LogP contribution in [0.2, 0.25) is 5.02 Å². The van der Waals surface area contributed by atoms with Gasteiger partial charge in [-0.1, -0.05) is 59.8 Å². The molecule has 0 aromatic heterocycles. The van der Waals surface area contributed by atoms with Crippen molar-refractivity contribution in [2.75, 3.05) is 10.2 Å². The van der Waals surface area contributed by atoms with Crippen LogP contribution >= 0.6 is 23.4 Å². The lowest BCUT2D eigenvalue weighted by Crippen LogP contribution is -2.45. The summed E-state index contributed by atoms with van der Waals surface area (Å²) in [5, 5.41) is 3.33. The summed E-state index contributed by atoms with van der Waals surface area (Å²) in [7, 11) is 0. The molecule has 0 spiro atoms. The number of carbonyl (C=O) groups is 2. The van der Waals surface area contributed by atoms with Crippen molar-refractivity contribution < 1.29 is 9.59 Å². The number of nitrogens with one attached hydrogen (secondary N) is 1. The van der Waals surface area contributed by atoms with E-state index in [0.717, 1.165) is 5.69 Å². The molecule has 0 saturated carbocycles. The molecule has 0 unspecified atom stereocenters. The number of anilines is 2. The third-order valence-electron chi connectivity index (χ3n) is 4.45. The van der Waals surface area contributed by atoms with Gasteiger partial charge < -0.3 is 5.32 Å². The molecule has 150 valence electrons. The summed E-state index contributed by atoms with van der Waals surface area (Å²) in [5.41, 5.74) is 2.07. The van der Waals surface area contributed by atoms with Gasteiger partial charge in [-0.15, -0.1) is 0 Å². The highest BCUT2D eigenvalue weighted by atomic mass is 35.5. The summed E-state index contributed by atoms with van der Waals surface area (Å²) in [6.07, 6.45) is 0.0762. The Hall–Kier alpha value is -3.09. The highest BCUT2D eigenvalue weighted by Crippen LogP contribution is 2.33. The van der Waals surface area contributed by atoms with Gasteiger partial charge in [-0.2, -0.15) is 0 Å². The van der Waals surface area contributed by atoms with Gasteiger partial charge in [-0.05, 0) is 48.5 Å². The van der Waals surface area contributed by atoms with Gasteiger partial charge in [0.2, 0.25) is 11.8 Å². The van der Waals surface area contributed by atoms with Crippen LogP contribution in [-0.4, -0.2) is 22.2 Å². The summed E-state index contributed by atoms with van der Waals surface area (Å²) in [5.74, 6) is -0.421. The number of halogens is 1. The summed E-state index contributed by atoms with van der Waals surface area (Å²) >= 11 is 7.18. The van der Waals surface area contributed by atoms with E-state index in [0.29, 0.717) is 21.6 Å². The summed E-state index contributed by atoms with van der Waals surface area (Å²) in [4.78, 5) is 32.1. The van der Waals surface area contributed by atoms with Crippen LogP contribution < -0.4 is 10.2 Å². The van der Waals surface area contributed by atoms with Gasteiger partial charge in [-0.25, -0.2) is 4.99 Å². The fourth-order valence-electron chi connectivity index (χ4n) is 3.00. The van der Waals surface area contributed by atoms with Crippen LogP contribution in [0.1, 0.15) is 6.42 Å². The van der Waals surface area contributed by atoms with Crippen LogP contribution in [0.4, 0.5) is 17.1 Å². The Morgan fingerprint density at radius 3 is 2.27 bits per heavy atom. The van der Waals surface area contributed by atoms with E-state index in [1.807, 2.05) is 60.7 Å². The van der Waals surface area contributed by atoms with E-state index >= 15 is 0 Å². The topological polar surface area (TPSA) is 61.8 Å². The first-order valence-corrected chi connectivity index (χ1v) is 10.6. The summed E-state index contributed by atoms with van der Waals surface area (Å²) < 4.78 is 0. The molecule has 1 heterocycles. The Morgan fingerprint density at radius 1 is 0.967 bits per heavy atom. The van der Waals surface area contributed by atoms with Crippen LogP contribution in [-0.2, 0) is 9.59 Å². The zero-order valence-electron chi connectivity index (χ0n) is 15.9. The maximum Gasteiger partial charge on any atom is 0.238 e. The highest BCUT2D eigenvalue weighted by molar-refractivity contribution is 8.15. The molecule has 2 amide bonds.